The molecule has 9 heteroatoms. The van der Waals surface area contributed by atoms with Crippen molar-refractivity contribution in [3.8, 4) is 0 Å². The van der Waals surface area contributed by atoms with Crippen LogP contribution in [0.2, 0.25) is 0 Å². The molecule has 1 fully saturated rings. The number of carbonyl (C=O) groups is 4. The molecular formula is C26H44O9. The van der Waals surface area contributed by atoms with Crippen LogP contribution in [0.5, 0.6) is 0 Å². The van der Waals surface area contributed by atoms with Gasteiger partial charge < -0.3 is 23.7 Å². The van der Waals surface area contributed by atoms with Gasteiger partial charge in [-0.3, -0.25) is 19.2 Å². The van der Waals surface area contributed by atoms with E-state index >= 15 is 0 Å². The van der Waals surface area contributed by atoms with E-state index in [0.29, 0.717) is 0 Å². The smallest absolute Gasteiger partial charge is 0.313 e. The first-order valence-corrected chi connectivity index (χ1v) is 12.0. The van der Waals surface area contributed by atoms with Gasteiger partial charge in [-0.15, -0.1) is 0 Å². The lowest BCUT2D eigenvalue weighted by Crippen LogP contribution is -2.45. The minimum absolute atomic E-state index is 0.0236. The van der Waals surface area contributed by atoms with Gasteiger partial charge in [0.2, 0.25) is 12.4 Å². The first-order valence-electron chi connectivity index (χ1n) is 12.0. The first kappa shape index (κ1) is 30.9. The van der Waals surface area contributed by atoms with E-state index in [4.69, 9.17) is 23.7 Å². The van der Waals surface area contributed by atoms with Gasteiger partial charge >= 0.3 is 23.9 Å². The maximum Gasteiger partial charge on any atom is 0.313 e. The van der Waals surface area contributed by atoms with Gasteiger partial charge in [0.05, 0.1) is 28.3 Å². The van der Waals surface area contributed by atoms with Crippen molar-refractivity contribution in [2.24, 2.45) is 21.7 Å². The van der Waals surface area contributed by atoms with Gasteiger partial charge in [0.1, 0.15) is 6.10 Å². The van der Waals surface area contributed by atoms with Crippen LogP contribution >= 0.6 is 0 Å². The number of rotatable bonds is 6. The fraction of sp³-hybridized carbons (Fsp3) is 0.846. The highest BCUT2D eigenvalue weighted by Gasteiger charge is 2.53. The molecule has 4 atom stereocenters. The normalized spacial score (nSPS) is 23.4. The molecule has 9 nitrogen and oxygen atoms in total. The lowest BCUT2D eigenvalue weighted by molar-refractivity contribution is -0.207. The molecule has 35 heavy (non-hydrogen) atoms. The summed E-state index contributed by atoms with van der Waals surface area (Å²) in [5.41, 5.74) is -3.25. The third kappa shape index (κ3) is 9.09. The van der Waals surface area contributed by atoms with Gasteiger partial charge in [0.15, 0.2) is 6.10 Å². The molecule has 1 heterocycles. The fourth-order valence-corrected chi connectivity index (χ4v) is 2.65. The predicted octanol–water partition coefficient (Wildman–Crippen LogP) is 4.20. The van der Waals surface area contributed by atoms with E-state index in [9.17, 15) is 19.2 Å². The Morgan fingerprint density at radius 3 is 1.34 bits per heavy atom. The minimum Gasteiger partial charge on any atom is -0.465 e. The van der Waals surface area contributed by atoms with Gasteiger partial charge in [-0.25, -0.2) is 0 Å². The number of ether oxygens (including phenoxy) is 5. The van der Waals surface area contributed by atoms with Crippen LogP contribution < -0.4 is 0 Å². The SMILES string of the molecule is CC(C)(C)C(=O)OCCC1O[C@@H](OC(=O)C(C)(C)C)[C@H](OC(=O)C(C)(C)C)[C@H]1OC(=O)C(C)(C)C. The summed E-state index contributed by atoms with van der Waals surface area (Å²) in [4.78, 5) is 50.4. The summed E-state index contributed by atoms with van der Waals surface area (Å²) in [6.45, 7) is 20.4. The Kier molecular flexibility index (Phi) is 9.57. The molecule has 0 amide bonds. The molecule has 0 aromatic carbocycles. The second-order valence-electron chi connectivity index (χ2n) is 13.1. The van der Waals surface area contributed by atoms with Crippen LogP contribution in [0.4, 0.5) is 0 Å². The van der Waals surface area contributed by atoms with Gasteiger partial charge in [0.25, 0.3) is 0 Å². The number of hydrogen-bond donors (Lipinski definition) is 0. The van der Waals surface area contributed by atoms with Crippen LogP contribution in [-0.2, 0) is 42.9 Å². The van der Waals surface area contributed by atoms with E-state index in [1.54, 1.807) is 83.1 Å². The Bertz CT molecular complexity index is 788. The minimum atomic E-state index is -1.30. The van der Waals surface area contributed by atoms with E-state index in [-0.39, 0.29) is 13.0 Å². The second kappa shape index (κ2) is 10.8. The highest BCUT2D eigenvalue weighted by atomic mass is 16.7. The van der Waals surface area contributed by atoms with Crippen molar-refractivity contribution in [1.29, 1.82) is 0 Å². The Morgan fingerprint density at radius 2 is 0.943 bits per heavy atom. The molecule has 1 saturated heterocycles. The molecule has 1 rings (SSSR count). The summed E-state index contributed by atoms with van der Waals surface area (Å²) in [5, 5.41) is 0. The van der Waals surface area contributed by atoms with Crippen LogP contribution in [0, 0.1) is 21.7 Å². The average molecular weight is 501 g/mol. The third-order valence-corrected chi connectivity index (χ3v) is 5.06. The Morgan fingerprint density at radius 1 is 0.571 bits per heavy atom. The molecule has 0 saturated carbocycles. The summed E-state index contributed by atoms with van der Waals surface area (Å²) in [6, 6.07) is 0. The van der Waals surface area contributed by atoms with Crippen LogP contribution in [0.3, 0.4) is 0 Å². The van der Waals surface area contributed by atoms with Crippen molar-refractivity contribution < 1.29 is 42.9 Å². The van der Waals surface area contributed by atoms with Crippen LogP contribution in [0.1, 0.15) is 89.5 Å². The molecule has 202 valence electrons. The zero-order valence-corrected chi connectivity index (χ0v) is 23.4. The van der Waals surface area contributed by atoms with Gasteiger partial charge in [-0.05, 0) is 83.1 Å². The summed E-state index contributed by atoms with van der Waals surface area (Å²) < 4.78 is 28.4. The maximum absolute atomic E-state index is 12.8. The summed E-state index contributed by atoms with van der Waals surface area (Å²) >= 11 is 0. The molecule has 0 aromatic rings. The largest absolute Gasteiger partial charge is 0.465 e. The first-order chi connectivity index (χ1) is 15.5. The highest BCUT2D eigenvalue weighted by Crippen LogP contribution is 2.34. The zero-order valence-electron chi connectivity index (χ0n) is 23.4. The Labute approximate surface area is 209 Å². The molecule has 0 aromatic heterocycles. The van der Waals surface area contributed by atoms with E-state index in [0.717, 1.165) is 0 Å². The molecule has 0 bridgehead atoms. The summed E-state index contributed by atoms with van der Waals surface area (Å²) in [5.74, 6) is -2.08. The molecule has 1 unspecified atom stereocenters. The highest BCUT2D eigenvalue weighted by molar-refractivity contribution is 5.77. The van der Waals surface area contributed by atoms with Crippen molar-refractivity contribution in [3.05, 3.63) is 0 Å². The van der Waals surface area contributed by atoms with Gasteiger partial charge in [0, 0.05) is 6.42 Å². The Hall–Kier alpha value is -2.16. The number of esters is 4. The number of carbonyl (C=O) groups excluding carboxylic acids is 4. The van der Waals surface area contributed by atoms with E-state index in [1.165, 1.54) is 0 Å². The van der Waals surface area contributed by atoms with E-state index in [1.807, 2.05) is 0 Å². The van der Waals surface area contributed by atoms with Gasteiger partial charge in [-0.2, -0.15) is 0 Å². The monoisotopic (exact) mass is 500 g/mol. The van der Waals surface area contributed by atoms with Crippen molar-refractivity contribution in [1.82, 2.24) is 0 Å². The van der Waals surface area contributed by atoms with E-state index in [2.05, 4.69) is 0 Å². The zero-order chi connectivity index (χ0) is 27.6. The lowest BCUT2D eigenvalue weighted by atomic mass is 9.96. The molecule has 0 spiro atoms. The topological polar surface area (TPSA) is 114 Å². The fourth-order valence-electron chi connectivity index (χ4n) is 2.65. The molecule has 1 aliphatic heterocycles. The molecule has 1 aliphatic rings. The summed E-state index contributed by atoms with van der Waals surface area (Å²) in [7, 11) is 0. The van der Waals surface area contributed by atoms with Crippen molar-refractivity contribution in [2.45, 2.75) is 114 Å². The third-order valence-electron chi connectivity index (χ3n) is 5.06. The molecule has 0 aliphatic carbocycles. The maximum atomic E-state index is 12.8. The Balaban J connectivity index is 3.28. The lowest BCUT2D eigenvalue weighted by Gasteiger charge is -2.29. The van der Waals surface area contributed by atoms with Crippen LogP contribution in [-0.4, -0.2) is 55.1 Å². The van der Waals surface area contributed by atoms with Crippen LogP contribution in [0.15, 0.2) is 0 Å². The van der Waals surface area contributed by atoms with E-state index < -0.39 is 70.1 Å². The molecule has 0 radical (unpaired) electrons. The van der Waals surface area contributed by atoms with Crippen molar-refractivity contribution >= 4 is 23.9 Å². The van der Waals surface area contributed by atoms with Gasteiger partial charge in [-0.1, -0.05) is 0 Å². The van der Waals surface area contributed by atoms with Crippen LogP contribution in [0.25, 0.3) is 0 Å². The number of hydrogen-bond acceptors (Lipinski definition) is 9. The second-order valence-corrected chi connectivity index (χ2v) is 13.1. The standard InChI is InChI=1S/C26H44O9/c1-23(2,3)19(27)31-14-13-15-16(33-20(28)24(4,5)6)17(34-21(29)25(7,8)9)18(32-15)35-22(30)26(10,11)12/h15-18H,13-14H2,1-12H3/t15?,16-,17+,18-/m0/s1. The quantitative estimate of drug-likeness (QED) is 0.391. The summed E-state index contributed by atoms with van der Waals surface area (Å²) in [6.07, 6.45) is -4.27. The molecule has 0 N–H and O–H groups in total. The van der Waals surface area contributed by atoms with Crippen molar-refractivity contribution in [2.75, 3.05) is 6.61 Å². The predicted molar refractivity (Wildman–Crippen MR) is 128 cm³/mol. The van der Waals surface area contributed by atoms with Crippen molar-refractivity contribution in [3.63, 3.8) is 0 Å². The molecular weight excluding hydrogens is 456 g/mol. The average Bonchev–Trinajstić information content (AvgIpc) is 2.95.